The molecule has 2 aliphatic heterocycles. The lowest BCUT2D eigenvalue weighted by Crippen LogP contribution is -2.59. The number of likely N-dealkylation sites (tertiary alicyclic amines) is 1. The summed E-state index contributed by atoms with van der Waals surface area (Å²) < 4.78 is 0. The van der Waals surface area contributed by atoms with E-state index < -0.39 is 18.0 Å². The van der Waals surface area contributed by atoms with Crippen LogP contribution in [-0.4, -0.2) is 59.6 Å². The second-order valence-electron chi connectivity index (χ2n) is 5.81. The van der Waals surface area contributed by atoms with E-state index in [4.69, 9.17) is 10.8 Å². The zero-order valence-electron chi connectivity index (χ0n) is 12.4. The summed E-state index contributed by atoms with van der Waals surface area (Å²) in [6, 6.07) is -1.08. The van der Waals surface area contributed by atoms with Gasteiger partial charge in [0.15, 0.2) is 0 Å². The van der Waals surface area contributed by atoms with E-state index in [0.29, 0.717) is 19.4 Å². The Balaban J connectivity index is 1.85. The van der Waals surface area contributed by atoms with Crippen LogP contribution in [0.2, 0.25) is 0 Å². The molecule has 0 aromatic carbocycles. The zero-order chi connectivity index (χ0) is 16.1. The summed E-state index contributed by atoms with van der Waals surface area (Å²) in [5.41, 5.74) is 10.5. The average Bonchev–Trinajstić information content (AvgIpc) is 2.53. The smallest absolute Gasteiger partial charge is 0.408 e. The van der Waals surface area contributed by atoms with Crippen molar-refractivity contribution >= 4 is 17.9 Å². The molecule has 2 fully saturated rings. The van der Waals surface area contributed by atoms with Gasteiger partial charge in [0.25, 0.3) is 5.91 Å². The fourth-order valence-corrected chi connectivity index (χ4v) is 2.87. The Labute approximate surface area is 128 Å². The van der Waals surface area contributed by atoms with Crippen LogP contribution in [0.4, 0.5) is 4.79 Å². The van der Waals surface area contributed by atoms with Crippen LogP contribution >= 0.6 is 0 Å². The van der Waals surface area contributed by atoms with Crippen molar-refractivity contribution in [2.75, 3.05) is 19.6 Å². The van der Waals surface area contributed by atoms with E-state index >= 15 is 0 Å². The predicted octanol–water partition coefficient (Wildman–Crippen LogP) is -1.40. The van der Waals surface area contributed by atoms with Crippen LogP contribution < -0.4 is 21.9 Å². The average molecular weight is 313 g/mol. The molecule has 0 aromatic heterocycles. The molecule has 124 valence electrons. The Hall–Kier alpha value is -1.87. The van der Waals surface area contributed by atoms with Crippen molar-refractivity contribution in [2.45, 2.75) is 37.8 Å². The lowest BCUT2D eigenvalue weighted by molar-refractivity contribution is -0.134. The molecule has 0 aliphatic carbocycles. The van der Waals surface area contributed by atoms with Crippen molar-refractivity contribution in [3.8, 4) is 0 Å². The molecule has 0 saturated carbocycles. The molecule has 0 aromatic rings. The highest BCUT2D eigenvalue weighted by atomic mass is 16.4. The fourth-order valence-electron chi connectivity index (χ4n) is 2.87. The minimum Gasteiger partial charge on any atom is -0.465 e. The largest absolute Gasteiger partial charge is 0.465 e. The van der Waals surface area contributed by atoms with E-state index in [2.05, 4.69) is 16.2 Å². The van der Waals surface area contributed by atoms with Crippen LogP contribution in [0.15, 0.2) is 0 Å². The molecule has 2 saturated heterocycles. The van der Waals surface area contributed by atoms with Gasteiger partial charge in [-0.2, -0.15) is 0 Å². The number of nitrogens with one attached hydrogen (secondary N) is 3. The second kappa shape index (κ2) is 7.41. The Morgan fingerprint density at radius 2 is 1.86 bits per heavy atom. The summed E-state index contributed by atoms with van der Waals surface area (Å²) >= 11 is 0. The summed E-state index contributed by atoms with van der Waals surface area (Å²) in [7, 11) is 0. The molecule has 2 heterocycles. The molecule has 0 spiro atoms. The lowest BCUT2D eigenvalue weighted by atomic mass is 9.98. The molecule has 2 rings (SSSR count). The summed E-state index contributed by atoms with van der Waals surface area (Å²) in [5, 5.41) is 12.3. The van der Waals surface area contributed by atoms with E-state index in [9.17, 15) is 14.4 Å². The van der Waals surface area contributed by atoms with Crippen LogP contribution in [-0.2, 0) is 9.59 Å². The van der Waals surface area contributed by atoms with Gasteiger partial charge in [-0.1, -0.05) is 0 Å². The van der Waals surface area contributed by atoms with Gasteiger partial charge in [0, 0.05) is 19.1 Å². The fraction of sp³-hybridized carbons (Fsp3) is 0.769. The topological polar surface area (TPSA) is 137 Å². The van der Waals surface area contributed by atoms with Gasteiger partial charge < -0.3 is 16.2 Å². The molecule has 22 heavy (non-hydrogen) atoms. The van der Waals surface area contributed by atoms with E-state index in [1.54, 1.807) is 0 Å². The number of nitrogens with two attached hydrogens (primary N) is 1. The number of carbonyl (C=O) groups excluding carboxylic acids is 2. The monoisotopic (exact) mass is 313 g/mol. The molecular weight excluding hydrogens is 290 g/mol. The van der Waals surface area contributed by atoms with E-state index in [0.717, 1.165) is 24.3 Å². The summed E-state index contributed by atoms with van der Waals surface area (Å²) in [4.78, 5) is 36.3. The minimum atomic E-state index is -1.18. The maximum Gasteiger partial charge on any atom is 0.408 e. The van der Waals surface area contributed by atoms with Crippen LogP contribution in [0, 0.1) is 5.92 Å². The quantitative estimate of drug-likeness (QED) is 0.398. The van der Waals surface area contributed by atoms with Gasteiger partial charge in [-0.3, -0.25) is 25.3 Å². The van der Waals surface area contributed by atoms with E-state index in [-0.39, 0.29) is 24.4 Å². The number of piperidine rings is 2. The van der Waals surface area contributed by atoms with Gasteiger partial charge in [0.1, 0.15) is 6.04 Å². The van der Waals surface area contributed by atoms with Gasteiger partial charge in [0.05, 0.1) is 5.92 Å². The first kappa shape index (κ1) is 16.5. The number of hydrogen-bond donors (Lipinski definition) is 5. The minimum absolute atomic E-state index is 0.119. The summed E-state index contributed by atoms with van der Waals surface area (Å²) in [6.45, 7) is 1.60. The van der Waals surface area contributed by atoms with Crippen LogP contribution in [0.5, 0.6) is 0 Å². The van der Waals surface area contributed by atoms with Crippen molar-refractivity contribution in [3.63, 3.8) is 0 Å². The van der Waals surface area contributed by atoms with Gasteiger partial charge in [-0.05, 0) is 32.2 Å². The van der Waals surface area contributed by atoms with Crippen LogP contribution in [0.25, 0.3) is 0 Å². The van der Waals surface area contributed by atoms with Crippen molar-refractivity contribution in [1.82, 2.24) is 21.1 Å². The van der Waals surface area contributed by atoms with Gasteiger partial charge in [0.2, 0.25) is 5.91 Å². The SMILES string of the molecule is NC1CC[C@@H](C(=O)NNC(=O)[C@@H]2CCCNC2)N(C(=O)O)C1. The van der Waals surface area contributed by atoms with Crippen LogP contribution in [0.1, 0.15) is 25.7 Å². The van der Waals surface area contributed by atoms with Crippen molar-refractivity contribution in [1.29, 1.82) is 0 Å². The number of carboxylic acid groups (broad SMARTS) is 1. The normalized spacial score (nSPS) is 28.8. The first-order chi connectivity index (χ1) is 10.5. The molecule has 0 bridgehead atoms. The Kier molecular flexibility index (Phi) is 5.56. The zero-order valence-corrected chi connectivity index (χ0v) is 12.4. The highest BCUT2D eigenvalue weighted by molar-refractivity contribution is 5.88. The Morgan fingerprint density at radius 1 is 1.14 bits per heavy atom. The summed E-state index contributed by atoms with van der Waals surface area (Å²) in [5.74, 6) is -0.953. The Morgan fingerprint density at radius 3 is 2.50 bits per heavy atom. The maximum atomic E-state index is 12.1. The standard InChI is InChI=1S/C13H23N5O4/c14-9-3-4-10(18(7-9)13(21)22)12(20)17-16-11(19)8-2-1-5-15-6-8/h8-10,15H,1-7,14H2,(H,16,19)(H,17,20)(H,21,22)/t8-,9?,10+/m1/s1. The Bertz CT molecular complexity index is 438. The van der Waals surface area contributed by atoms with Crippen molar-refractivity contribution in [2.24, 2.45) is 11.7 Å². The van der Waals surface area contributed by atoms with Crippen LogP contribution in [0.3, 0.4) is 0 Å². The summed E-state index contributed by atoms with van der Waals surface area (Å²) in [6.07, 6.45) is 1.42. The van der Waals surface area contributed by atoms with Gasteiger partial charge >= 0.3 is 6.09 Å². The van der Waals surface area contributed by atoms with Gasteiger partial charge in [-0.15, -0.1) is 0 Å². The number of hydrogen-bond acceptors (Lipinski definition) is 5. The molecule has 9 nitrogen and oxygen atoms in total. The molecule has 1 unspecified atom stereocenters. The third kappa shape index (κ3) is 4.08. The third-order valence-electron chi connectivity index (χ3n) is 4.14. The second-order valence-corrected chi connectivity index (χ2v) is 5.81. The first-order valence-electron chi connectivity index (χ1n) is 7.54. The number of nitrogens with zero attached hydrogens (tertiary/aromatic N) is 1. The first-order valence-corrected chi connectivity index (χ1v) is 7.54. The molecule has 6 N–H and O–H groups in total. The van der Waals surface area contributed by atoms with Crippen molar-refractivity contribution < 1.29 is 19.5 Å². The van der Waals surface area contributed by atoms with Gasteiger partial charge in [-0.25, -0.2) is 4.79 Å². The maximum absolute atomic E-state index is 12.1. The molecule has 3 amide bonds. The number of hydrazine groups is 1. The lowest BCUT2D eigenvalue weighted by Gasteiger charge is -2.35. The number of amides is 3. The number of carbonyl (C=O) groups is 3. The highest BCUT2D eigenvalue weighted by Crippen LogP contribution is 2.16. The highest BCUT2D eigenvalue weighted by Gasteiger charge is 2.35. The van der Waals surface area contributed by atoms with E-state index in [1.165, 1.54) is 0 Å². The van der Waals surface area contributed by atoms with E-state index in [1.807, 2.05) is 0 Å². The predicted molar refractivity (Wildman–Crippen MR) is 77.6 cm³/mol. The molecule has 0 radical (unpaired) electrons. The molecule has 9 heteroatoms. The third-order valence-corrected chi connectivity index (χ3v) is 4.14. The molecule has 3 atom stereocenters. The molecule has 2 aliphatic rings. The number of rotatable bonds is 2. The van der Waals surface area contributed by atoms with Crippen molar-refractivity contribution in [3.05, 3.63) is 0 Å². The molecular formula is C13H23N5O4.